The lowest BCUT2D eigenvalue weighted by Crippen LogP contribution is -2.04. The SMILES string of the molecule is CCCCCCCCCCCC(=O)CCc1nccn1C. The first-order valence-electron chi connectivity index (χ1n) is 8.72. The van der Waals surface area contributed by atoms with Crippen molar-refractivity contribution in [3.05, 3.63) is 18.2 Å². The van der Waals surface area contributed by atoms with Gasteiger partial charge in [-0.25, -0.2) is 4.98 Å². The van der Waals surface area contributed by atoms with Crippen LogP contribution in [0.3, 0.4) is 0 Å². The lowest BCUT2D eigenvalue weighted by Gasteiger charge is -2.03. The predicted octanol–water partition coefficient (Wildman–Crippen LogP) is 4.84. The van der Waals surface area contributed by atoms with E-state index in [0.29, 0.717) is 12.2 Å². The Labute approximate surface area is 130 Å². The molecule has 0 radical (unpaired) electrons. The average molecular weight is 292 g/mol. The maximum Gasteiger partial charge on any atom is 0.133 e. The fraction of sp³-hybridized carbons (Fsp3) is 0.778. The fourth-order valence-corrected chi connectivity index (χ4v) is 2.65. The molecule has 0 aromatic carbocycles. The predicted molar refractivity (Wildman–Crippen MR) is 88.4 cm³/mol. The summed E-state index contributed by atoms with van der Waals surface area (Å²) in [5.74, 6) is 1.40. The smallest absolute Gasteiger partial charge is 0.133 e. The van der Waals surface area contributed by atoms with E-state index in [1.54, 1.807) is 6.20 Å². The normalized spacial score (nSPS) is 11.0. The third-order valence-corrected chi connectivity index (χ3v) is 4.11. The largest absolute Gasteiger partial charge is 0.338 e. The number of hydrogen-bond acceptors (Lipinski definition) is 2. The van der Waals surface area contributed by atoms with E-state index in [9.17, 15) is 4.79 Å². The zero-order valence-corrected chi connectivity index (χ0v) is 13.9. The second-order valence-corrected chi connectivity index (χ2v) is 6.07. The van der Waals surface area contributed by atoms with Gasteiger partial charge in [-0.15, -0.1) is 0 Å². The van der Waals surface area contributed by atoms with Gasteiger partial charge in [0.15, 0.2) is 0 Å². The van der Waals surface area contributed by atoms with Gasteiger partial charge in [-0.1, -0.05) is 58.3 Å². The Morgan fingerprint density at radius 3 is 2.19 bits per heavy atom. The summed E-state index contributed by atoms with van der Waals surface area (Å²) in [6.45, 7) is 2.25. The molecule has 21 heavy (non-hydrogen) atoms. The maximum atomic E-state index is 11.8. The second-order valence-electron chi connectivity index (χ2n) is 6.07. The topological polar surface area (TPSA) is 34.9 Å². The molecule has 1 heterocycles. The Morgan fingerprint density at radius 2 is 1.62 bits per heavy atom. The minimum Gasteiger partial charge on any atom is -0.338 e. The molecule has 0 bridgehead atoms. The van der Waals surface area contributed by atoms with E-state index in [-0.39, 0.29) is 0 Å². The van der Waals surface area contributed by atoms with Gasteiger partial charge in [0.25, 0.3) is 0 Å². The molecule has 0 unspecified atom stereocenters. The highest BCUT2D eigenvalue weighted by atomic mass is 16.1. The summed E-state index contributed by atoms with van der Waals surface area (Å²) < 4.78 is 1.99. The van der Waals surface area contributed by atoms with Crippen molar-refractivity contribution in [2.24, 2.45) is 7.05 Å². The van der Waals surface area contributed by atoms with Gasteiger partial charge in [-0.05, 0) is 6.42 Å². The first-order chi connectivity index (χ1) is 10.2. The molecule has 0 amide bonds. The molecular weight excluding hydrogens is 260 g/mol. The number of hydrogen-bond donors (Lipinski definition) is 0. The van der Waals surface area contributed by atoms with Crippen molar-refractivity contribution in [3.8, 4) is 0 Å². The van der Waals surface area contributed by atoms with Crippen LogP contribution in [-0.4, -0.2) is 15.3 Å². The van der Waals surface area contributed by atoms with Crippen LogP contribution in [0.5, 0.6) is 0 Å². The quantitative estimate of drug-likeness (QED) is 0.487. The molecule has 0 saturated heterocycles. The number of Topliss-reactive ketones (excluding diaryl/α,β-unsaturated/α-hetero) is 1. The average Bonchev–Trinajstić information content (AvgIpc) is 2.89. The summed E-state index contributed by atoms with van der Waals surface area (Å²) in [5, 5.41) is 0. The van der Waals surface area contributed by atoms with Gasteiger partial charge in [0, 0.05) is 38.7 Å². The highest BCUT2D eigenvalue weighted by Crippen LogP contribution is 2.11. The number of rotatable bonds is 13. The second kappa shape index (κ2) is 11.5. The van der Waals surface area contributed by atoms with Crippen LogP contribution in [0.4, 0.5) is 0 Å². The Bertz CT molecular complexity index is 384. The summed E-state index contributed by atoms with van der Waals surface area (Å²) in [5.41, 5.74) is 0. The third-order valence-electron chi connectivity index (χ3n) is 4.11. The van der Waals surface area contributed by atoms with E-state index >= 15 is 0 Å². The van der Waals surface area contributed by atoms with Crippen molar-refractivity contribution in [1.82, 2.24) is 9.55 Å². The number of aromatic nitrogens is 2. The van der Waals surface area contributed by atoms with Gasteiger partial charge in [0.05, 0.1) is 0 Å². The Kier molecular flexibility index (Phi) is 9.84. The monoisotopic (exact) mass is 292 g/mol. The van der Waals surface area contributed by atoms with Crippen LogP contribution in [0.15, 0.2) is 12.4 Å². The van der Waals surface area contributed by atoms with Gasteiger partial charge in [-0.3, -0.25) is 4.79 Å². The van der Waals surface area contributed by atoms with Crippen LogP contribution in [0.2, 0.25) is 0 Å². The summed E-state index contributed by atoms with van der Waals surface area (Å²) in [7, 11) is 1.98. The van der Waals surface area contributed by atoms with Crippen molar-refractivity contribution < 1.29 is 4.79 Å². The van der Waals surface area contributed by atoms with Gasteiger partial charge in [0.1, 0.15) is 11.6 Å². The molecule has 0 aliphatic heterocycles. The summed E-state index contributed by atoms with van der Waals surface area (Å²) in [6.07, 6.45) is 17.6. The molecule has 0 aliphatic carbocycles. The molecule has 0 saturated carbocycles. The number of unbranched alkanes of at least 4 members (excludes halogenated alkanes) is 8. The van der Waals surface area contributed by atoms with Crippen LogP contribution in [0, 0.1) is 0 Å². The standard InChI is InChI=1S/C18H32N2O/c1-3-4-5-6-7-8-9-10-11-12-17(21)13-14-18-19-15-16-20(18)2/h15-16H,3-14H2,1-2H3. The zero-order valence-electron chi connectivity index (χ0n) is 13.9. The molecule has 0 spiro atoms. The Balaban J connectivity index is 1.91. The van der Waals surface area contributed by atoms with Crippen LogP contribution in [-0.2, 0) is 18.3 Å². The summed E-state index contributed by atoms with van der Waals surface area (Å²) in [4.78, 5) is 16.1. The van der Waals surface area contributed by atoms with Crippen LogP contribution < -0.4 is 0 Å². The third kappa shape index (κ3) is 8.69. The number of carbonyl (C=O) groups is 1. The summed E-state index contributed by atoms with van der Waals surface area (Å²) in [6, 6.07) is 0. The molecule has 0 atom stereocenters. The molecule has 1 aromatic rings. The number of carbonyl (C=O) groups excluding carboxylic acids is 1. The van der Waals surface area contributed by atoms with Crippen LogP contribution in [0.1, 0.15) is 83.4 Å². The molecule has 0 aliphatic rings. The van der Waals surface area contributed by atoms with Gasteiger partial charge in [0.2, 0.25) is 0 Å². The van der Waals surface area contributed by atoms with E-state index in [2.05, 4.69) is 11.9 Å². The van der Waals surface area contributed by atoms with Gasteiger partial charge in [-0.2, -0.15) is 0 Å². The lowest BCUT2D eigenvalue weighted by atomic mass is 10.0. The van der Waals surface area contributed by atoms with Crippen molar-refractivity contribution in [3.63, 3.8) is 0 Å². The molecule has 120 valence electrons. The van der Waals surface area contributed by atoms with E-state index < -0.39 is 0 Å². The lowest BCUT2D eigenvalue weighted by molar-refractivity contribution is -0.119. The fourth-order valence-electron chi connectivity index (χ4n) is 2.65. The molecule has 1 rings (SSSR count). The first kappa shape index (κ1) is 17.9. The first-order valence-corrected chi connectivity index (χ1v) is 8.72. The highest BCUT2D eigenvalue weighted by Gasteiger charge is 2.05. The molecule has 3 nitrogen and oxygen atoms in total. The minimum atomic E-state index is 0.390. The van der Waals surface area contributed by atoms with Crippen molar-refractivity contribution in [1.29, 1.82) is 0 Å². The molecule has 0 fully saturated rings. The Hall–Kier alpha value is -1.12. The molecule has 0 N–H and O–H groups in total. The number of aryl methyl sites for hydroxylation is 2. The van der Waals surface area contributed by atoms with Crippen molar-refractivity contribution >= 4 is 5.78 Å². The highest BCUT2D eigenvalue weighted by molar-refractivity contribution is 5.78. The van der Waals surface area contributed by atoms with E-state index in [1.807, 2.05) is 17.8 Å². The molecule has 1 aromatic heterocycles. The van der Waals surface area contributed by atoms with Gasteiger partial charge < -0.3 is 4.57 Å². The van der Waals surface area contributed by atoms with Crippen molar-refractivity contribution in [2.75, 3.05) is 0 Å². The van der Waals surface area contributed by atoms with E-state index in [1.165, 1.54) is 51.4 Å². The molecule has 3 heteroatoms. The van der Waals surface area contributed by atoms with E-state index in [4.69, 9.17) is 0 Å². The van der Waals surface area contributed by atoms with Crippen molar-refractivity contribution in [2.45, 2.75) is 84.0 Å². The van der Waals surface area contributed by atoms with E-state index in [0.717, 1.165) is 25.1 Å². The zero-order chi connectivity index (χ0) is 15.3. The summed E-state index contributed by atoms with van der Waals surface area (Å²) >= 11 is 0. The Morgan fingerprint density at radius 1 is 1.00 bits per heavy atom. The number of nitrogens with zero attached hydrogens (tertiary/aromatic N) is 2. The number of imidazole rings is 1. The van der Waals surface area contributed by atoms with Crippen LogP contribution in [0.25, 0.3) is 0 Å². The van der Waals surface area contributed by atoms with Crippen LogP contribution >= 0.6 is 0 Å². The maximum absolute atomic E-state index is 11.8. The van der Waals surface area contributed by atoms with Gasteiger partial charge >= 0.3 is 0 Å². The minimum absolute atomic E-state index is 0.390. The molecular formula is C18H32N2O. The number of ketones is 1.